The standard InChI is InChI=1S/C22H27NO6/c1-14-6-8-16(9-7-14)13-23-22(25)15(2)29-20(24)12-17-10-18(26-3)21(28-5)19(11-17)27-4/h6-11,15H,12-13H2,1-5H3,(H,23,25). The number of esters is 1. The first-order chi connectivity index (χ1) is 13.9. The van der Waals surface area contributed by atoms with E-state index in [2.05, 4.69) is 5.32 Å². The van der Waals surface area contributed by atoms with Crippen LogP contribution in [0.2, 0.25) is 0 Å². The average Bonchev–Trinajstić information content (AvgIpc) is 2.72. The molecule has 7 nitrogen and oxygen atoms in total. The van der Waals surface area contributed by atoms with Gasteiger partial charge in [0.05, 0.1) is 27.8 Å². The van der Waals surface area contributed by atoms with Crippen LogP contribution in [0.15, 0.2) is 36.4 Å². The lowest BCUT2D eigenvalue weighted by atomic mass is 10.1. The molecule has 0 radical (unpaired) electrons. The summed E-state index contributed by atoms with van der Waals surface area (Å²) in [4.78, 5) is 24.5. The number of aryl methyl sites for hydroxylation is 1. The molecule has 0 fully saturated rings. The fraction of sp³-hybridized carbons (Fsp3) is 0.364. The zero-order chi connectivity index (χ0) is 21.4. The maximum Gasteiger partial charge on any atom is 0.311 e. The average molecular weight is 401 g/mol. The monoisotopic (exact) mass is 401 g/mol. The van der Waals surface area contributed by atoms with E-state index in [1.807, 2.05) is 31.2 Å². The summed E-state index contributed by atoms with van der Waals surface area (Å²) in [5.41, 5.74) is 2.74. The van der Waals surface area contributed by atoms with Gasteiger partial charge in [0.2, 0.25) is 5.75 Å². The summed E-state index contributed by atoms with van der Waals surface area (Å²) in [5.74, 6) is 0.439. The second-order valence-corrected chi connectivity index (χ2v) is 6.55. The maximum atomic E-state index is 12.3. The molecule has 7 heteroatoms. The van der Waals surface area contributed by atoms with Crippen molar-refractivity contribution in [3.05, 3.63) is 53.1 Å². The van der Waals surface area contributed by atoms with Crippen molar-refractivity contribution >= 4 is 11.9 Å². The predicted molar refractivity (Wildman–Crippen MR) is 108 cm³/mol. The molecule has 0 aliphatic carbocycles. The van der Waals surface area contributed by atoms with Crippen molar-refractivity contribution in [1.29, 1.82) is 0 Å². The topological polar surface area (TPSA) is 83.1 Å². The smallest absolute Gasteiger partial charge is 0.311 e. The minimum Gasteiger partial charge on any atom is -0.493 e. The highest BCUT2D eigenvalue weighted by Gasteiger charge is 2.20. The number of hydrogen-bond acceptors (Lipinski definition) is 6. The molecule has 2 aromatic carbocycles. The lowest BCUT2D eigenvalue weighted by Crippen LogP contribution is -2.35. The molecule has 0 aliphatic heterocycles. The Morgan fingerprint density at radius 3 is 2.03 bits per heavy atom. The van der Waals surface area contributed by atoms with Gasteiger partial charge in [0.25, 0.3) is 5.91 Å². The van der Waals surface area contributed by atoms with Crippen molar-refractivity contribution in [2.75, 3.05) is 21.3 Å². The van der Waals surface area contributed by atoms with Crippen LogP contribution in [0.1, 0.15) is 23.6 Å². The van der Waals surface area contributed by atoms with Gasteiger partial charge in [-0.15, -0.1) is 0 Å². The molecule has 0 saturated carbocycles. The summed E-state index contributed by atoms with van der Waals surface area (Å²) in [5, 5.41) is 2.77. The van der Waals surface area contributed by atoms with Crippen LogP contribution in [0.4, 0.5) is 0 Å². The molecular formula is C22H27NO6. The lowest BCUT2D eigenvalue weighted by molar-refractivity contribution is -0.154. The van der Waals surface area contributed by atoms with Crippen molar-refractivity contribution in [2.24, 2.45) is 0 Å². The fourth-order valence-corrected chi connectivity index (χ4v) is 2.74. The van der Waals surface area contributed by atoms with E-state index >= 15 is 0 Å². The molecule has 2 aromatic rings. The third kappa shape index (κ3) is 6.14. The molecule has 29 heavy (non-hydrogen) atoms. The molecule has 2 rings (SSSR count). The number of hydrogen-bond donors (Lipinski definition) is 1. The van der Waals surface area contributed by atoms with E-state index in [0.717, 1.165) is 11.1 Å². The quantitative estimate of drug-likeness (QED) is 0.651. The second-order valence-electron chi connectivity index (χ2n) is 6.55. The SMILES string of the molecule is COc1cc(CC(=O)OC(C)C(=O)NCc2ccc(C)cc2)cc(OC)c1OC. The zero-order valence-corrected chi connectivity index (χ0v) is 17.4. The van der Waals surface area contributed by atoms with E-state index in [-0.39, 0.29) is 12.3 Å². The number of benzene rings is 2. The third-order valence-electron chi connectivity index (χ3n) is 4.34. The van der Waals surface area contributed by atoms with E-state index in [0.29, 0.717) is 29.4 Å². The Morgan fingerprint density at radius 2 is 1.52 bits per heavy atom. The van der Waals surface area contributed by atoms with Crippen molar-refractivity contribution in [1.82, 2.24) is 5.32 Å². The second kappa shape index (κ2) is 10.4. The fourth-order valence-electron chi connectivity index (χ4n) is 2.74. The van der Waals surface area contributed by atoms with Crippen LogP contribution in [-0.4, -0.2) is 39.3 Å². The van der Waals surface area contributed by atoms with E-state index in [9.17, 15) is 9.59 Å². The van der Waals surface area contributed by atoms with Crippen LogP contribution in [0.3, 0.4) is 0 Å². The first-order valence-corrected chi connectivity index (χ1v) is 9.19. The highest BCUT2D eigenvalue weighted by molar-refractivity contribution is 5.84. The zero-order valence-electron chi connectivity index (χ0n) is 17.4. The summed E-state index contributed by atoms with van der Waals surface area (Å²) < 4.78 is 21.1. The normalized spacial score (nSPS) is 11.3. The highest BCUT2D eigenvalue weighted by atomic mass is 16.5. The predicted octanol–water partition coefficient (Wildman–Crippen LogP) is 2.81. The van der Waals surface area contributed by atoms with Gasteiger partial charge < -0.3 is 24.3 Å². The number of ether oxygens (including phenoxy) is 4. The molecule has 0 spiro atoms. The molecule has 0 saturated heterocycles. The van der Waals surface area contributed by atoms with Gasteiger partial charge in [-0.05, 0) is 37.1 Å². The first kappa shape index (κ1) is 22.1. The van der Waals surface area contributed by atoms with Crippen LogP contribution in [0.5, 0.6) is 17.2 Å². The molecule has 1 unspecified atom stereocenters. The van der Waals surface area contributed by atoms with Gasteiger partial charge in [0.1, 0.15) is 0 Å². The Balaban J connectivity index is 1.93. The minimum atomic E-state index is -0.907. The van der Waals surface area contributed by atoms with Crippen molar-refractivity contribution in [3.8, 4) is 17.2 Å². The first-order valence-electron chi connectivity index (χ1n) is 9.19. The summed E-state index contributed by atoms with van der Waals surface area (Å²) in [6, 6.07) is 11.2. The number of amides is 1. The molecule has 0 aliphatic rings. The molecular weight excluding hydrogens is 374 g/mol. The van der Waals surface area contributed by atoms with Crippen molar-refractivity contribution in [2.45, 2.75) is 32.9 Å². The van der Waals surface area contributed by atoms with E-state index in [1.165, 1.54) is 28.3 Å². The molecule has 156 valence electrons. The molecule has 0 bridgehead atoms. The summed E-state index contributed by atoms with van der Waals surface area (Å²) >= 11 is 0. The Kier molecular flexibility index (Phi) is 7.88. The Hall–Kier alpha value is -3.22. The highest BCUT2D eigenvalue weighted by Crippen LogP contribution is 2.38. The lowest BCUT2D eigenvalue weighted by Gasteiger charge is -2.15. The molecule has 0 heterocycles. The Morgan fingerprint density at radius 1 is 0.931 bits per heavy atom. The summed E-state index contributed by atoms with van der Waals surface area (Å²) in [6.45, 7) is 3.91. The van der Waals surface area contributed by atoms with Gasteiger partial charge in [-0.3, -0.25) is 9.59 Å². The summed E-state index contributed by atoms with van der Waals surface area (Å²) in [6.07, 6.45) is -0.943. The van der Waals surface area contributed by atoms with Crippen molar-refractivity contribution < 1.29 is 28.5 Å². The van der Waals surface area contributed by atoms with Gasteiger partial charge in [0.15, 0.2) is 17.6 Å². The van der Waals surface area contributed by atoms with E-state index in [1.54, 1.807) is 12.1 Å². The van der Waals surface area contributed by atoms with E-state index < -0.39 is 12.1 Å². The molecule has 1 atom stereocenters. The van der Waals surface area contributed by atoms with Gasteiger partial charge in [0, 0.05) is 6.54 Å². The van der Waals surface area contributed by atoms with Crippen molar-refractivity contribution in [3.63, 3.8) is 0 Å². The number of rotatable bonds is 9. The van der Waals surface area contributed by atoms with Gasteiger partial charge >= 0.3 is 5.97 Å². The van der Waals surface area contributed by atoms with Crippen LogP contribution in [-0.2, 0) is 27.3 Å². The van der Waals surface area contributed by atoms with Crippen LogP contribution >= 0.6 is 0 Å². The van der Waals surface area contributed by atoms with Gasteiger partial charge in [-0.1, -0.05) is 29.8 Å². The maximum absolute atomic E-state index is 12.3. The van der Waals surface area contributed by atoms with Crippen LogP contribution in [0.25, 0.3) is 0 Å². The van der Waals surface area contributed by atoms with Crippen LogP contribution < -0.4 is 19.5 Å². The number of carbonyl (C=O) groups excluding carboxylic acids is 2. The molecule has 1 amide bonds. The van der Waals surface area contributed by atoms with E-state index in [4.69, 9.17) is 18.9 Å². The number of methoxy groups -OCH3 is 3. The largest absolute Gasteiger partial charge is 0.493 e. The molecule has 0 aromatic heterocycles. The Bertz CT molecular complexity index is 822. The summed E-state index contributed by atoms with van der Waals surface area (Å²) in [7, 11) is 4.50. The number of nitrogens with one attached hydrogen (secondary N) is 1. The van der Waals surface area contributed by atoms with Crippen LogP contribution in [0, 0.1) is 6.92 Å². The number of carbonyl (C=O) groups is 2. The molecule has 1 N–H and O–H groups in total. The third-order valence-corrected chi connectivity index (χ3v) is 4.34. The Labute approximate surface area is 170 Å². The van der Waals surface area contributed by atoms with Gasteiger partial charge in [-0.25, -0.2) is 0 Å². The van der Waals surface area contributed by atoms with Gasteiger partial charge in [-0.2, -0.15) is 0 Å². The minimum absolute atomic E-state index is 0.0354.